The number of fused-ring (bicyclic) bond motifs is 1. The summed E-state index contributed by atoms with van der Waals surface area (Å²) in [5.41, 5.74) is 1.05. The number of Topliss-reactive ketones (excluding diaryl/α,β-unsaturated/α-hetero) is 1. The Morgan fingerprint density at radius 3 is 2.56 bits per heavy atom. The van der Waals surface area contributed by atoms with E-state index in [1.165, 1.54) is 0 Å². The number of ketones is 1. The van der Waals surface area contributed by atoms with Crippen molar-refractivity contribution in [1.29, 1.82) is 0 Å². The number of carbonyl (C=O) groups excluding carboxylic acids is 1. The highest BCUT2D eigenvalue weighted by molar-refractivity contribution is 6.37. The standard InChI is InChI=1S/C20H21ClF3NO2/c21-16-6-3-7-17-19(16)14(9-25(17)13-10-27-11-13)18(26)8-15(20(22,23)24)12-4-1-2-5-12/h3,6-7,9,12-13,15H,1-2,4-5,8,10-11H2. The molecule has 1 aromatic carbocycles. The molecule has 1 atom stereocenters. The quantitative estimate of drug-likeness (QED) is 0.594. The summed E-state index contributed by atoms with van der Waals surface area (Å²) < 4.78 is 48.1. The SMILES string of the molecule is O=C(CC(C1CCCC1)C(F)(F)F)c1cn(C2COC2)c2cccc(Cl)c12. The normalized spacial score (nSPS) is 20.1. The molecule has 1 aliphatic carbocycles. The van der Waals surface area contributed by atoms with Gasteiger partial charge in [0.1, 0.15) is 0 Å². The Morgan fingerprint density at radius 2 is 1.96 bits per heavy atom. The van der Waals surface area contributed by atoms with E-state index in [9.17, 15) is 18.0 Å². The van der Waals surface area contributed by atoms with Crippen molar-refractivity contribution in [3.63, 3.8) is 0 Å². The second-order valence-electron chi connectivity index (χ2n) is 7.60. The molecular weight excluding hydrogens is 379 g/mol. The van der Waals surface area contributed by atoms with Crippen LogP contribution in [0.2, 0.25) is 5.02 Å². The van der Waals surface area contributed by atoms with Gasteiger partial charge >= 0.3 is 6.18 Å². The fourth-order valence-electron chi connectivity index (χ4n) is 4.38. The van der Waals surface area contributed by atoms with Crippen LogP contribution in [-0.4, -0.2) is 29.7 Å². The molecule has 0 radical (unpaired) electrons. The lowest BCUT2D eigenvalue weighted by atomic mass is 9.85. The zero-order valence-corrected chi connectivity index (χ0v) is 15.5. The number of alkyl halides is 3. The van der Waals surface area contributed by atoms with Crippen LogP contribution in [0.1, 0.15) is 48.5 Å². The zero-order chi connectivity index (χ0) is 19.2. The van der Waals surface area contributed by atoms with Crippen molar-refractivity contribution in [2.75, 3.05) is 13.2 Å². The fourth-order valence-corrected chi connectivity index (χ4v) is 4.66. The van der Waals surface area contributed by atoms with Gasteiger partial charge in [-0.25, -0.2) is 0 Å². The number of hydrogen-bond acceptors (Lipinski definition) is 2. The van der Waals surface area contributed by atoms with E-state index in [0.29, 0.717) is 36.5 Å². The predicted octanol–water partition coefficient (Wildman–Crippen LogP) is 5.81. The van der Waals surface area contributed by atoms with Crippen molar-refractivity contribution < 1.29 is 22.7 Å². The third-order valence-electron chi connectivity index (χ3n) is 5.92. The number of carbonyl (C=O) groups is 1. The molecule has 1 saturated carbocycles. The maximum absolute atomic E-state index is 13.6. The molecule has 2 heterocycles. The molecule has 0 bridgehead atoms. The van der Waals surface area contributed by atoms with Crippen LogP contribution >= 0.6 is 11.6 Å². The summed E-state index contributed by atoms with van der Waals surface area (Å²) in [7, 11) is 0. The molecule has 0 N–H and O–H groups in total. The number of ether oxygens (including phenoxy) is 1. The molecule has 0 spiro atoms. The van der Waals surface area contributed by atoms with Gasteiger partial charge in [0.2, 0.25) is 0 Å². The minimum atomic E-state index is -4.37. The topological polar surface area (TPSA) is 31.2 Å². The summed E-state index contributed by atoms with van der Waals surface area (Å²) in [6.45, 7) is 1.05. The zero-order valence-electron chi connectivity index (χ0n) is 14.8. The third-order valence-corrected chi connectivity index (χ3v) is 6.23. The van der Waals surface area contributed by atoms with Crippen LogP contribution in [0.4, 0.5) is 13.2 Å². The maximum Gasteiger partial charge on any atom is 0.392 e. The molecule has 27 heavy (non-hydrogen) atoms. The molecule has 146 valence electrons. The van der Waals surface area contributed by atoms with Gasteiger partial charge in [0.25, 0.3) is 0 Å². The van der Waals surface area contributed by atoms with Crippen molar-refractivity contribution in [2.24, 2.45) is 11.8 Å². The molecule has 2 aliphatic rings. The van der Waals surface area contributed by atoms with Crippen molar-refractivity contribution in [2.45, 2.75) is 44.3 Å². The molecule has 1 aliphatic heterocycles. The van der Waals surface area contributed by atoms with Gasteiger partial charge in [-0.2, -0.15) is 13.2 Å². The molecular formula is C20H21ClF3NO2. The van der Waals surface area contributed by atoms with E-state index in [1.807, 2.05) is 10.6 Å². The first-order valence-corrected chi connectivity index (χ1v) is 9.70. The molecule has 3 nitrogen and oxygen atoms in total. The van der Waals surface area contributed by atoms with Crippen molar-refractivity contribution in [1.82, 2.24) is 4.57 Å². The molecule has 1 unspecified atom stereocenters. The van der Waals surface area contributed by atoms with Gasteiger partial charge in [0.15, 0.2) is 5.78 Å². The van der Waals surface area contributed by atoms with Crippen LogP contribution < -0.4 is 0 Å². The molecule has 2 fully saturated rings. The third kappa shape index (κ3) is 3.49. The number of hydrogen-bond donors (Lipinski definition) is 0. The van der Waals surface area contributed by atoms with Crippen molar-refractivity contribution in [3.05, 3.63) is 35.0 Å². The highest BCUT2D eigenvalue weighted by Crippen LogP contribution is 2.43. The number of benzene rings is 1. The van der Waals surface area contributed by atoms with Gasteiger partial charge in [0, 0.05) is 23.6 Å². The Morgan fingerprint density at radius 1 is 1.26 bits per heavy atom. The molecule has 1 aromatic heterocycles. The second kappa shape index (κ2) is 7.13. The number of halogens is 4. The van der Waals surface area contributed by atoms with E-state index >= 15 is 0 Å². The summed E-state index contributed by atoms with van der Waals surface area (Å²) in [5.74, 6) is -2.53. The molecule has 4 rings (SSSR count). The Kier molecular flexibility index (Phi) is 4.97. The van der Waals surface area contributed by atoms with E-state index < -0.39 is 30.2 Å². The summed E-state index contributed by atoms with van der Waals surface area (Å²) in [6.07, 6.45) is -0.530. The van der Waals surface area contributed by atoms with E-state index in [1.54, 1.807) is 18.3 Å². The van der Waals surface area contributed by atoms with E-state index in [2.05, 4.69) is 0 Å². The smallest absolute Gasteiger partial charge is 0.377 e. The van der Waals surface area contributed by atoms with Gasteiger partial charge in [-0.1, -0.05) is 30.5 Å². The van der Waals surface area contributed by atoms with Crippen molar-refractivity contribution in [3.8, 4) is 0 Å². The van der Waals surface area contributed by atoms with Gasteiger partial charge < -0.3 is 9.30 Å². The van der Waals surface area contributed by atoms with E-state index in [0.717, 1.165) is 18.4 Å². The molecule has 1 saturated heterocycles. The van der Waals surface area contributed by atoms with E-state index in [-0.39, 0.29) is 11.6 Å². The van der Waals surface area contributed by atoms with E-state index in [4.69, 9.17) is 16.3 Å². The lowest BCUT2D eigenvalue weighted by Gasteiger charge is -2.28. The maximum atomic E-state index is 13.6. The minimum absolute atomic E-state index is 0.0840. The number of rotatable bonds is 5. The average Bonchev–Trinajstić information content (AvgIpc) is 3.19. The average molecular weight is 400 g/mol. The van der Waals surface area contributed by atoms with Crippen LogP contribution in [0.25, 0.3) is 10.9 Å². The van der Waals surface area contributed by atoms with Crippen molar-refractivity contribution >= 4 is 28.3 Å². The highest BCUT2D eigenvalue weighted by Gasteiger charge is 2.46. The first kappa shape index (κ1) is 18.8. The highest BCUT2D eigenvalue weighted by atomic mass is 35.5. The fraction of sp³-hybridized carbons (Fsp3) is 0.550. The Bertz CT molecular complexity index is 851. The molecule has 0 amide bonds. The largest absolute Gasteiger partial charge is 0.392 e. The summed E-state index contributed by atoms with van der Waals surface area (Å²) in [4.78, 5) is 13.0. The lowest BCUT2D eigenvalue weighted by molar-refractivity contribution is -0.187. The molecule has 2 aromatic rings. The van der Waals surface area contributed by atoms with Crippen LogP contribution in [0, 0.1) is 11.8 Å². The second-order valence-corrected chi connectivity index (χ2v) is 8.00. The Hall–Kier alpha value is -1.53. The first-order valence-electron chi connectivity index (χ1n) is 9.33. The van der Waals surface area contributed by atoms with Crippen LogP contribution in [0.5, 0.6) is 0 Å². The van der Waals surface area contributed by atoms with Gasteiger partial charge in [-0.05, 0) is 30.9 Å². The summed E-state index contributed by atoms with van der Waals surface area (Å²) >= 11 is 6.32. The van der Waals surface area contributed by atoms with Crippen LogP contribution in [0.15, 0.2) is 24.4 Å². The number of aromatic nitrogens is 1. The summed E-state index contributed by atoms with van der Waals surface area (Å²) in [6, 6.07) is 5.38. The van der Waals surface area contributed by atoms with Gasteiger partial charge in [0.05, 0.1) is 35.7 Å². The van der Waals surface area contributed by atoms with Crippen LogP contribution in [-0.2, 0) is 4.74 Å². The lowest BCUT2D eigenvalue weighted by Crippen LogP contribution is -2.31. The summed E-state index contributed by atoms with van der Waals surface area (Å²) in [5, 5.41) is 0.933. The Balaban J connectivity index is 1.69. The number of nitrogens with zero attached hydrogens (tertiary/aromatic N) is 1. The van der Waals surface area contributed by atoms with Gasteiger partial charge in [-0.15, -0.1) is 0 Å². The van der Waals surface area contributed by atoms with Gasteiger partial charge in [-0.3, -0.25) is 4.79 Å². The monoisotopic (exact) mass is 399 g/mol. The molecule has 7 heteroatoms. The first-order chi connectivity index (χ1) is 12.9. The Labute approximate surface area is 160 Å². The van der Waals surface area contributed by atoms with Crippen LogP contribution in [0.3, 0.4) is 0 Å². The minimum Gasteiger partial charge on any atom is -0.377 e. The predicted molar refractivity (Wildman–Crippen MR) is 97.3 cm³/mol.